The molecule has 0 aliphatic rings. The molecule has 0 fully saturated rings. The van der Waals surface area contributed by atoms with E-state index in [0.717, 1.165) is 12.0 Å². The van der Waals surface area contributed by atoms with E-state index in [4.69, 9.17) is 22.1 Å². The number of nitrogens with two attached hydrogens (primary N) is 1. The third kappa shape index (κ3) is 5.80. The van der Waals surface area contributed by atoms with Crippen LogP contribution < -0.4 is 15.8 Å². The van der Waals surface area contributed by atoms with Crippen LogP contribution >= 0.6 is 11.6 Å². The molecule has 5 heteroatoms. The third-order valence-corrected chi connectivity index (χ3v) is 3.18. The number of nitrogens with one attached hydrogen (secondary N) is 1. The molecule has 0 heterocycles. The molecular weight excluding hydrogens is 276 g/mol. The lowest BCUT2D eigenvalue weighted by atomic mass is 10.1. The van der Waals surface area contributed by atoms with Gasteiger partial charge in [0.05, 0.1) is 5.02 Å². The zero-order valence-electron chi connectivity index (χ0n) is 12.3. The largest absolute Gasteiger partial charge is 0.482 e. The van der Waals surface area contributed by atoms with Gasteiger partial charge in [-0.3, -0.25) is 4.79 Å². The van der Waals surface area contributed by atoms with Crippen LogP contribution in [0.1, 0.15) is 38.8 Å². The van der Waals surface area contributed by atoms with Gasteiger partial charge in [-0.25, -0.2) is 0 Å². The Bertz CT molecular complexity index is 447. The molecule has 1 aromatic rings. The van der Waals surface area contributed by atoms with Crippen molar-refractivity contribution in [1.29, 1.82) is 0 Å². The summed E-state index contributed by atoms with van der Waals surface area (Å²) in [5.41, 5.74) is 6.70. The summed E-state index contributed by atoms with van der Waals surface area (Å²) in [4.78, 5) is 11.6. The van der Waals surface area contributed by atoms with Gasteiger partial charge in [-0.1, -0.05) is 31.5 Å². The normalized spacial score (nSPS) is 12.3. The topological polar surface area (TPSA) is 64.3 Å². The lowest BCUT2D eigenvalue weighted by Crippen LogP contribution is -2.30. The van der Waals surface area contributed by atoms with Gasteiger partial charge in [-0.05, 0) is 37.0 Å². The number of carbonyl (C=O) groups is 1. The second-order valence-corrected chi connectivity index (χ2v) is 5.71. The van der Waals surface area contributed by atoms with Crippen molar-refractivity contribution in [2.75, 3.05) is 13.2 Å². The molecule has 0 unspecified atom stereocenters. The second kappa shape index (κ2) is 8.12. The quantitative estimate of drug-likeness (QED) is 0.813. The smallest absolute Gasteiger partial charge is 0.257 e. The average Bonchev–Trinajstić information content (AvgIpc) is 2.36. The first kappa shape index (κ1) is 16.8. The van der Waals surface area contributed by atoms with Crippen LogP contribution in [0.4, 0.5) is 0 Å². The Kier molecular flexibility index (Phi) is 6.82. The van der Waals surface area contributed by atoms with Crippen LogP contribution in [0.15, 0.2) is 18.2 Å². The van der Waals surface area contributed by atoms with Crippen molar-refractivity contribution in [3.63, 3.8) is 0 Å². The fourth-order valence-electron chi connectivity index (χ4n) is 1.61. The van der Waals surface area contributed by atoms with Crippen molar-refractivity contribution in [3.8, 4) is 5.75 Å². The van der Waals surface area contributed by atoms with Crippen LogP contribution in [0.3, 0.4) is 0 Å². The summed E-state index contributed by atoms with van der Waals surface area (Å²) < 4.78 is 5.41. The van der Waals surface area contributed by atoms with Gasteiger partial charge in [-0.15, -0.1) is 0 Å². The van der Waals surface area contributed by atoms with E-state index in [-0.39, 0.29) is 18.6 Å². The summed E-state index contributed by atoms with van der Waals surface area (Å²) in [6.07, 6.45) is 0.954. The Morgan fingerprint density at radius 2 is 2.10 bits per heavy atom. The van der Waals surface area contributed by atoms with Gasteiger partial charge in [0.25, 0.3) is 5.91 Å². The molecule has 20 heavy (non-hydrogen) atoms. The minimum Gasteiger partial charge on any atom is -0.482 e. The van der Waals surface area contributed by atoms with Crippen molar-refractivity contribution < 1.29 is 9.53 Å². The second-order valence-electron chi connectivity index (χ2n) is 5.30. The molecule has 1 aromatic carbocycles. The highest BCUT2D eigenvalue weighted by molar-refractivity contribution is 6.32. The third-order valence-electron chi connectivity index (χ3n) is 2.88. The van der Waals surface area contributed by atoms with E-state index in [1.54, 1.807) is 12.1 Å². The summed E-state index contributed by atoms with van der Waals surface area (Å²) in [5, 5.41) is 3.27. The minimum absolute atomic E-state index is 0.0324. The summed E-state index contributed by atoms with van der Waals surface area (Å²) in [5.74, 6) is 0.921. The Morgan fingerprint density at radius 1 is 1.40 bits per heavy atom. The molecule has 0 saturated heterocycles. The summed E-state index contributed by atoms with van der Waals surface area (Å²) in [7, 11) is 0. The summed E-state index contributed by atoms with van der Waals surface area (Å²) in [6, 6.07) is 5.27. The molecule has 0 saturated carbocycles. The zero-order valence-corrected chi connectivity index (χ0v) is 13.0. The molecule has 1 amide bonds. The van der Waals surface area contributed by atoms with Crippen molar-refractivity contribution in [2.24, 2.45) is 11.7 Å². The molecule has 112 valence electrons. The van der Waals surface area contributed by atoms with E-state index >= 15 is 0 Å². The maximum Gasteiger partial charge on any atom is 0.257 e. The monoisotopic (exact) mass is 298 g/mol. The Morgan fingerprint density at radius 3 is 2.65 bits per heavy atom. The van der Waals surface area contributed by atoms with Crippen LogP contribution in [-0.4, -0.2) is 19.1 Å². The van der Waals surface area contributed by atoms with Gasteiger partial charge < -0.3 is 15.8 Å². The van der Waals surface area contributed by atoms with E-state index in [9.17, 15) is 4.79 Å². The lowest BCUT2D eigenvalue weighted by Gasteiger charge is -2.11. The number of rotatable bonds is 7. The van der Waals surface area contributed by atoms with E-state index < -0.39 is 0 Å². The molecule has 4 nitrogen and oxygen atoms in total. The van der Waals surface area contributed by atoms with Crippen LogP contribution in [0, 0.1) is 5.92 Å². The Balaban J connectivity index is 2.43. The minimum atomic E-state index is -0.141. The average molecular weight is 299 g/mol. The van der Waals surface area contributed by atoms with Crippen LogP contribution in [0.2, 0.25) is 5.02 Å². The molecular formula is C15H23ClN2O2. The Labute approximate surface area is 125 Å². The van der Waals surface area contributed by atoms with Gasteiger partial charge in [-0.2, -0.15) is 0 Å². The van der Waals surface area contributed by atoms with Crippen molar-refractivity contribution >= 4 is 17.5 Å². The Hall–Kier alpha value is -1.26. The van der Waals surface area contributed by atoms with E-state index in [0.29, 0.717) is 23.2 Å². The number of hydrogen-bond acceptors (Lipinski definition) is 3. The molecule has 1 rings (SSSR count). The van der Waals surface area contributed by atoms with E-state index in [1.807, 2.05) is 13.0 Å². The molecule has 0 bridgehead atoms. The first-order valence-electron chi connectivity index (χ1n) is 6.84. The maximum absolute atomic E-state index is 11.6. The molecule has 0 spiro atoms. The summed E-state index contributed by atoms with van der Waals surface area (Å²) in [6.45, 7) is 6.74. The highest BCUT2D eigenvalue weighted by Crippen LogP contribution is 2.27. The number of ether oxygens (including phenoxy) is 1. The van der Waals surface area contributed by atoms with E-state index in [1.165, 1.54) is 0 Å². The van der Waals surface area contributed by atoms with Gasteiger partial charge in [0.1, 0.15) is 5.75 Å². The van der Waals surface area contributed by atoms with Crippen LogP contribution in [0.5, 0.6) is 5.75 Å². The zero-order chi connectivity index (χ0) is 15.1. The van der Waals surface area contributed by atoms with Gasteiger partial charge in [0.15, 0.2) is 6.61 Å². The number of amides is 1. The standard InChI is InChI=1S/C15H23ClN2O2/c1-10(2)6-7-18-15(19)9-20-14-5-4-12(11(3)17)8-13(14)16/h4-5,8,10-11H,6-7,9,17H2,1-3H3,(H,18,19)/t11-/m1/s1. The first-order chi connectivity index (χ1) is 9.40. The van der Waals surface area contributed by atoms with Gasteiger partial charge in [0.2, 0.25) is 0 Å². The van der Waals surface area contributed by atoms with Crippen molar-refractivity contribution in [3.05, 3.63) is 28.8 Å². The predicted octanol–water partition coefficient (Wildman–Crippen LogP) is 2.90. The number of hydrogen-bond donors (Lipinski definition) is 2. The number of carbonyl (C=O) groups excluding carboxylic acids is 1. The fraction of sp³-hybridized carbons (Fsp3) is 0.533. The van der Waals surface area contributed by atoms with Gasteiger partial charge in [0, 0.05) is 12.6 Å². The highest BCUT2D eigenvalue weighted by Gasteiger charge is 2.08. The number of benzene rings is 1. The van der Waals surface area contributed by atoms with E-state index in [2.05, 4.69) is 19.2 Å². The van der Waals surface area contributed by atoms with Crippen molar-refractivity contribution in [2.45, 2.75) is 33.2 Å². The molecule has 0 radical (unpaired) electrons. The maximum atomic E-state index is 11.6. The first-order valence-corrected chi connectivity index (χ1v) is 7.22. The number of halogens is 1. The lowest BCUT2D eigenvalue weighted by molar-refractivity contribution is -0.123. The fourth-order valence-corrected chi connectivity index (χ4v) is 1.86. The van der Waals surface area contributed by atoms with Gasteiger partial charge >= 0.3 is 0 Å². The molecule has 1 atom stereocenters. The van der Waals surface area contributed by atoms with Crippen molar-refractivity contribution in [1.82, 2.24) is 5.32 Å². The molecule has 0 aliphatic heterocycles. The SMILES string of the molecule is CC(C)CCNC(=O)COc1ccc([C@@H](C)N)cc1Cl. The molecule has 0 aromatic heterocycles. The predicted molar refractivity (Wildman–Crippen MR) is 82.0 cm³/mol. The molecule has 3 N–H and O–H groups in total. The van der Waals surface area contributed by atoms with Crippen LogP contribution in [0.25, 0.3) is 0 Å². The highest BCUT2D eigenvalue weighted by atomic mass is 35.5. The van der Waals surface area contributed by atoms with Crippen LogP contribution in [-0.2, 0) is 4.79 Å². The summed E-state index contributed by atoms with van der Waals surface area (Å²) >= 11 is 6.09. The molecule has 0 aliphatic carbocycles.